The maximum atomic E-state index is 12.9. The fourth-order valence-corrected chi connectivity index (χ4v) is 3.31. The van der Waals surface area contributed by atoms with E-state index in [1.807, 2.05) is 18.4 Å². The van der Waals surface area contributed by atoms with E-state index in [0.29, 0.717) is 5.69 Å². The van der Waals surface area contributed by atoms with E-state index in [2.05, 4.69) is 5.32 Å². The van der Waals surface area contributed by atoms with Gasteiger partial charge in [0.2, 0.25) is 11.8 Å². The fraction of sp³-hybridized carbons (Fsp3) is 0.263. The molecule has 2 aromatic rings. The number of anilines is 2. The Morgan fingerprint density at radius 2 is 1.89 bits per heavy atom. The number of rotatable bonds is 4. The Morgan fingerprint density at radius 3 is 2.52 bits per heavy atom. The molecule has 1 saturated heterocycles. The van der Waals surface area contributed by atoms with E-state index in [4.69, 9.17) is 0 Å². The van der Waals surface area contributed by atoms with E-state index in [0.717, 1.165) is 17.0 Å². The van der Waals surface area contributed by atoms with Gasteiger partial charge in [-0.05, 0) is 48.7 Å². The SMILES string of the molecule is CSc1ccc(NC(=O)C2CC(=O)N(c3cccc(C(F)(F)F)c3)C2)cc1. The molecule has 0 aromatic heterocycles. The van der Waals surface area contributed by atoms with Gasteiger partial charge in [-0.3, -0.25) is 9.59 Å². The molecule has 0 saturated carbocycles. The second-order valence-electron chi connectivity index (χ2n) is 6.17. The van der Waals surface area contributed by atoms with Crippen molar-refractivity contribution in [3.63, 3.8) is 0 Å². The highest BCUT2D eigenvalue weighted by Crippen LogP contribution is 2.33. The van der Waals surface area contributed by atoms with Crippen LogP contribution in [0.1, 0.15) is 12.0 Å². The second-order valence-corrected chi connectivity index (χ2v) is 7.05. The zero-order valence-corrected chi connectivity index (χ0v) is 15.2. The minimum absolute atomic E-state index is 0.0367. The molecule has 142 valence electrons. The molecule has 1 fully saturated rings. The number of hydrogen-bond donors (Lipinski definition) is 1. The molecule has 0 bridgehead atoms. The van der Waals surface area contributed by atoms with Gasteiger partial charge in [0.1, 0.15) is 0 Å². The van der Waals surface area contributed by atoms with Crippen LogP contribution in [0, 0.1) is 5.92 Å². The number of thioether (sulfide) groups is 1. The molecular weight excluding hydrogens is 377 g/mol. The summed E-state index contributed by atoms with van der Waals surface area (Å²) in [6.07, 6.45) is -2.58. The first-order chi connectivity index (χ1) is 12.8. The molecular formula is C19H17F3N2O2S. The van der Waals surface area contributed by atoms with E-state index < -0.39 is 17.7 Å². The molecule has 0 spiro atoms. The van der Waals surface area contributed by atoms with Crippen LogP contribution in [-0.2, 0) is 15.8 Å². The van der Waals surface area contributed by atoms with Crippen molar-refractivity contribution in [3.05, 3.63) is 54.1 Å². The Bertz CT molecular complexity index is 853. The van der Waals surface area contributed by atoms with Crippen LogP contribution in [0.2, 0.25) is 0 Å². The topological polar surface area (TPSA) is 49.4 Å². The van der Waals surface area contributed by atoms with Gasteiger partial charge < -0.3 is 10.2 Å². The number of amides is 2. The number of benzene rings is 2. The molecule has 27 heavy (non-hydrogen) atoms. The van der Waals surface area contributed by atoms with Gasteiger partial charge in [0.05, 0.1) is 11.5 Å². The standard InChI is InChI=1S/C19H17F3N2O2S/c1-27-16-7-5-14(6-8-16)23-18(26)12-9-17(25)24(11-12)15-4-2-3-13(10-15)19(20,21)22/h2-8,10,12H,9,11H2,1H3,(H,23,26). The smallest absolute Gasteiger partial charge is 0.326 e. The van der Waals surface area contributed by atoms with E-state index in [-0.39, 0.29) is 30.5 Å². The summed E-state index contributed by atoms with van der Waals surface area (Å²) in [5.41, 5.74) is -0.0631. The van der Waals surface area contributed by atoms with Gasteiger partial charge in [-0.2, -0.15) is 13.2 Å². The number of alkyl halides is 3. The summed E-state index contributed by atoms with van der Waals surface area (Å²) in [6, 6.07) is 11.9. The largest absolute Gasteiger partial charge is 0.416 e. The monoisotopic (exact) mass is 394 g/mol. The number of hydrogen-bond acceptors (Lipinski definition) is 3. The summed E-state index contributed by atoms with van der Waals surface area (Å²) < 4.78 is 38.7. The van der Waals surface area contributed by atoms with Gasteiger partial charge in [-0.25, -0.2) is 0 Å². The van der Waals surface area contributed by atoms with Crippen LogP contribution in [0.25, 0.3) is 0 Å². The third kappa shape index (κ3) is 4.44. The van der Waals surface area contributed by atoms with Crippen molar-refractivity contribution in [2.45, 2.75) is 17.5 Å². The van der Waals surface area contributed by atoms with Crippen molar-refractivity contribution in [3.8, 4) is 0 Å². The van der Waals surface area contributed by atoms with Gasteiger partial charge in [0.15, 0.2) is 0 Å². The normalized spacial score (nSPS) is 17.3. The summed E-state index contributed by atoms with van der Waals surface area (Å²) in [5.74, 6) is -1.31. The third-order valence-electron chi connectivity index (χ3n) is 4.34. The lowest BCUT2D eigenvalue weighted by atomic mass is 10.1. The molecule has 0 radical (unpaired) electrons. The van der Waals surface area contributed by atoms with Crippen LogP contribution in [0.4, 0.5) is 24.5 Å². The molecule has 1 N–H and O–H groups in total. The molecule has 1 heterocycles. The lowest BCUT2D eigenvalue weighted by Crippen LogP contribution is -2.28. The molecule has 1 atom stereocenters. The average Bonchev–Trinajstić information content (AvgIpc) is 3.04. The Labute approximate surface area is 158 Å². The lowest BCUT2D eigenvalue weighted by Gasteiger charge is -2.18. The fourth-order valence-electron chi connectivity index (χ4n) is 2.90. The number of carbonyl (C=O) groups excluding carboxylic acids is 2. The molecule has 0 aliphatic carbocycles. The minimum atomic E-state index is -4.49. The Balaban J connectivity index is 1.70. The molecule has 4 nitrogen and oxygen atoms in total. The molecule has 2 aromatic carbocycles. The van der Waals surface area contributed by atoms with Crippen LogP contribution in [-0.4, -0.2) is 24.6 Å². The quantitative estimate of drug-likeness (QED) is 0.781. The highest BCUT2D eigenvalue weighted by Gasteiger charge is 2.36. The molecule has 2 amide bonds. The maximum Gasteiger partial charge on any atom is 0.416 e. The zero-order chi connectivity index (χ0) is 19.6. The van der Waals surface area contributed by atoms with E-state index in [1.54, 1.807) is 23.9 Å². The van der Waals surface area contributed by atoms with Crippen molar-refractivity contribution >= 4 is 35.0 Å². The highest BCUT2D eigenvalue weighted by molar-refractivity contribution is 7.98. The van der Waals surface area contributed by atoms with Crippen molar-refractivity contribution in [1.29, 1.82) is 0 Å². The van der Waals surface area contributed by atoms with Crippen molar-refractivity contribution in [1.82, 2.24) is 0 Å². The van der Waals surface area contributed by atoms with Gasteiger partial charge in [0, 0.05) is 29.2 Å². The Kier molecular flexibility index (Phi) is 5.46. The molecule has 1 aliphatic rings. The lowest BCUT2D eigenvalue weighted by molar-refractivity contribution is -0.137. The van der Waals surface area contributed by atoms with Crippen molar-refractivity contribution in [2.24, 2.45) is 5.92 Å². The maximum absolute atomic E-state index is 12.9. The number of carbonyl (C=O) groups is 2. The highest BCUT2D eigenvalue weighted by atomic mass is 32.2. The zero-order valence-electron chi connectivity index (χ0n) is 14.4. The van der Waals surface area contributed by atoms with Crippen LogP contribution < -0.4 is 10.2 Å². The van der Waals surface area contributed by atoms with E-state index >= 15 is 0 Å². The van der Waals surface area contributed by atoms with Crippen LogP contribution in [0.15, 0.2) is 53.4 Å². The molecule has 3 rings (SSSR count). The average molecular weight is 394 g/mol. The summed E-state index contributed by atoms with van der Waals surface area (Å²) >= 11 is 1.58. The third-order valence-corrected chi connectivity index (χ3v) is 5.08. The first kappa shape index (κ1) is 19.3. The van der Waals surface area contributed by atoms with Gasteiger partial charge in [-0.1, -0.05) is 6.07 Å². The number of halogens is 3. The minimum Gasteiger partial charge on any atom is -0.326 e. The van der Waals surface area contributed by atoms with E-state index in [9.17, 15) is 22.8 Å². The molecule has 1 aliphatic heterocycles. The summed E-state index contributed by atoms with van der Waals surface area (Å²) in [4.78, 5) is 27.0. The summed E-state index contributed by atoms with van der Waals surface area (Å²) in [6.45, 7) is 0.0505. The van der Waals surface area contributed by atoms with Crippen molar-refractivity contribution in [2.75, 3.05) is 23.0 Å². The second kappa shape index (κ2) is 7.64. The van der Waals surface area contributed by atoms with Crippen molar-refractivity contribution < 1.29 is 22.8 Å². The molecule has 8 heteroatoms. The molecule has 1 unspecified atom stereocenters. The predicted molar refractivity (Wildman–Crippen MR) is 98.8 cm³/mol. The van der Waals surface area contributed by atoms with Crippen LogP contribution in [0.5, 0.6) is 0 Å². The first-order valence-electron chi connectivity index (χ1n) is 8.20. The van der Waals surface area contributed by atoms with E-state index in [1.165, 1.54) is 17.0 Å². The van der Waals surface area contributed by atoms with Gasteiger partial charge in [-0.15, -0.1) is 11.8 Å². The summed E-state index contributed by atoms with van der Waals surface area (Å²) in [7, 11) is 0. The number of nitrogens with zero attached hydrogens (tertiary/aromatic N) is 1. The Morgan fingerprint density at radius 1 is 1.19 bits per heavy atom. The Hall–Kier alpha value is -2.48. The van der Waals surface area contributed by atoms with Gasteiger partial charge >= 0.3 is 6.18 Å². The van der Waals surface area contributed by atoms with Crippen LogP contribution in [0.3, 0.4) is 0 Å². The van der Waals surface area contributed by atoms with Crippen LogP contribution >= 0.6 is 11.8 Å². The number of nitrogens with one attached hydrogen (secondary N) is 1. The predicted octanol–water partition coefficient (Wildman–Crippen LogP) is 4.42. The summed E-state index contributed by atoms with van der Waals surface area (Å²) in [5, 5.41) is 2.76. The first-order valence-corrected chi connectivity index (χ1v) is 9.43. The van der Waals surface area contributed by atoms with Gasteiger partial charge in [0.25, 0.3) is 0 Å².